The molecule has 1 aliphatic rings. The number of carbonyl (C=O) groups is 2. The Morgan fingerprint density at radius 2 is 2.03 bits per heavy atom. The van der Waals surface area contributed by atoms with Crippen molar-refractivity contribution in [2.75, 3.05) is 13.2 Å². The zero-order chi connectivity index (χ0) is 25.2. The van der Waals surface area contributed by atoms with E-state index in [1.807, 2.05) is 0 Å². The summed E-state index contributed by atoms with van der Waals surface area (Å²) in [5, 5.41) is 11.9. The predicted molar refractivity (Wildman–Crippen MR) is 112 cm³/mol. The van der Waals surface area contributed by atoms with E-state index in [0.717, 1.165) is 0 Å². The van der Waals surface area contributed by atoms with E-state index < -0.39 is 37.0 Å². The summed E-state index contributed by atoms with van der Waals surface area (Å²) in [7, 11) is 0. The molecule has 0 saturated heterocycles. The second kappa shape index (κ2) is 9.92. The lowest BCUT2D eigenvalue weighted by molar-refractivity contribution is -0.148. The van der Waals surface area contributed by atoms with Crippen LogP contribution in [0.5, 0.6) is 5.88 Å². The lowest BCUT2D eigenvalue weighted by Crippen LogP contribution is -2.34. The van der Waals surface area contributed by atoms with Crippen LogP contribution >= 0.6 is 0 Å². The molecule has 8 nitrogen and oxygen atoms in total. The van der Waals surface area contributed by atoms with Crippen molar-refractivity contribution in [1.82, 2.24) is 20.2 Å². The van der Waals surface area contributed by atoms with E-state index >= 15 is 0 Å². The number of rotatable bonds is 9. The van der Waals surface area contributed by atoms with Gasteiger partial charge >= 0.3 is 12.3 Å². The smallest absolute Gasteiger partial charge is 0.340 e. The van der Waals surface area contributed by atoms with Crippen LogP contribution in [0.25, 0.3) is 0 Å². The Labute approximate surface area is 193 Å². The van der Waals surface area contributed by atoms with Gasteiger partial charge < -0.3 is 20.1 Å². The van der Waals surface area contributed by atoms with Crippen molar-refractivity contribution in [1.29, 1.82) is 0 Å². The third-order valence-corrected chi connectivity index (χ3v) is 5.37. The van der Waals surface area contributed by atoms with Crippen molar-refractivity contribution < 1.29 is 37.0 Å². The van der Waals surface area contributed by atoms with Crippen LogP contribution in [-0.2, 0) is 6.54 Å². The number of fused-ring (bicyclic) bond motifs is 1. The predicted octanol–water partition coefficient (Wildman–Crippen LogP) is 2.89. The molecule has 2 aromatic heterocycles. The number of hydrogen-bond donors (Lipinski definition) is 2. The molecule has 0 aliphatic carbocycles. The van der Waals surface area contributed by atoms with Crippen LogP contribution in [0.3, 0.4) is 0 Å². The van der Waals surface area contributed by atoms with Gasteiger partial charge in [-0.2, -0.15) is 8.78 Å². The number of aromatic nitrogens is 2. The number of aliphatic hydroxyl groups is 1. The van der Waals surface area contributed by atoms with Gasteiger partial charge in [-0.15, -0.1) is 0 Å². The lowest BCUT2D eigenvalue weighted by Gasteiger charge is -2.25. The lowest BCUT2D eigenvalue weighted by atomic mass is 10.1. The van der Waals surface area contributed by atoms with Crippen LogP contribution in [0.2, 0.25) is 0 Å². The van der Waals surface area contributed by atoms with Crippen LogP contribution in [0.15, 0.2) is 24.5 Å². The first-order valence-corrected chi connectivity index (χ1v) is 10.4. The van der Waals surface area contributed by atoms with Crippen molar-refractivity contribution >= 4 is 11.8 Å². The van der Waals surface area contributed by atoms with E-state index in [1.54, 1.807) is 13.0 Å². The Bertz CT molecular complexity index is 1080. The zero-order valence-corrected chi connectivity index (χ0v) is 18.7. The van der Waals surface area contributed by atoms with Gasteiger partial charge in [-0.1, -0.05) is 0 Å². The van der Waals surface area contributed by atoms with Crippen molar-refractivity contribution in [3.05, 3.63) is 52.5 Å². The Morgan fingerprint density at radius 3 is 2.65 bits per heavy atom. The molecular weight excluding hydrogens is 460 g/mol. The molecule has 0 radical (unpaired) electrons. The van der Waals surface area contributed by atoms with Gasteiger partial charge in [-0.25, -0.2) is 13.8 Å². The maximum Gasteiger partial charge on any atom is 0.340 e. The standard InChI is InChI=1S/C22H24F4N4O4/c1-11-6-14(8-29-19(11)34-10-22(25,26)21(23)24)13(3)30-9-16-15(20(30)33)4-5-27-17(16)18(32)28-7-12(2)31/h4-6,8,12-13,21,31H,7,9-10H2,1-3H3,(H,28,32). The molecule has 12 heteroatoms. The molecule has 0 spiro atoms. The normalized spacial score (nSPS) is 15.3. The van der Waals surface area contributed by atoms with E-state index in [4.69, 9.17) is 4.74 Å². The molecule has 2 aromatic rings. The second-order valence-electron chi connectivity index (χ2n) is 8.09. The highest BCUT2D eigenvalue weighted by atomic mass is 19.3. The SMILES string of the molecule is Cc1cc(C(C)N2Cc3c(ccnc3C(=O)NCC(C)O)C2=O)cnc1OCC(F)(F)C(F)F. The van der Waals surface area contributed by atoms with Gasteiger partial charge in [0.15, 0.2) is 6.61 Å². The van der Waals surface area contributed by atoms with Gasteiger partial charge in [0, 0.05) is 42.2 Å². The number of halogens is 4. The Balaban J connectivity index is 1.76. The molecule has 3 heterocycles. The fourth-order valence-corrected chi connectivity index (χ4v) is 3.45. The number of aliphatic hydroxyl groups excluding tert-OH is 1. The Kier molecular flexibility index (Phi) is 7.39. The maximum atomic E-state index is 13.1. The van der Waals surface area contributed by atoms with Gasteiger partial charge in [0.1, 0.15) is 5.69 Å². The van der Waals surface area contributed by atoms with E-state index in [1.165, 1.54) is 37.2 Å². The number of nitrogens with zero attached hydrogens (tertiary/aromatic N) is 3. The molecule has 0 aromatic carbocycles. The first-order chi connectivity index (χ1) is 15.9. The highest BCUT2D eigenvalue weighted by Gasteiger charge is 2.42. The molecule has 3 rings (SSSR count). The highest BCUT2D eigenvalue weighted by Crippen LogP contribution is 2.33. The summed E-state index contributed by atoms with van der Waals surface area (Å²) in [5.74, 6) is -5.36. The highest BCUT2D eigenvalue weighted by molar-refractivity contribution is 6.03. The number of aryl methyl sites for hydroxylation is 1. The van der Waals surface area contributed by atoms with E-state index in [2.05, 4.69) is 15.3 Å². The summed E-state index contributed by atoms with van der Waals surface area (Å²) >= 11 is 0. The van der Waals surface area contributed by atoms with Gasteiger partial charge in [-0.3, -0.25) is 14.6 Å². The van der Waals surface area contributed by atoms with Crippen molar-refractivity contribution in [3.8, 4) is 5.88 Å². The zero-order valence-electron chi connectivity index (χ0n) is 18.7. The molecule has 184 valence electrons. The number of alkyl halides is 4. The molecule has 1 aliphatic heterocycles. The molecule has 2 unspecified atom stereocenters. The monoisotopic (exact) mass is 484 g/mol. The van der Waals surface area contributed by atoms with Crippen LogP contribution in [-0.4, -0.2) is 63.4 Å². The summed E-state index contributed by atoms with van der Waals surface area (Å²) < 4.78 is 55.7. The third kappa shape index (κ3) is 5.27. The topological polar surface area (TPSA) is 105 Å². The molecule has 0 saturated carbocycles. The average Bonchev–Trinajstić information content (AvgIpc) is 3.12. The summed E-state index contributed by atoms with van der Waals surface area (Å²) in [6.07, 6.45) is -1.93. The van der Waals surface area contributed by atoms with E-state index in [9.17, 15) is 32.3 Å². The molecule has 34 heavy (non-hydrogen) atoms. The average molecular weight is 484 g/mol. The van der Waals surface area contributed by atoms with Crippen molar-refractivity contribution in [2.45, 2.75) is 51.8 Å². The molecule has 2 N–H and O–H groups in total. The minimum absolute atomic E-state index is 0.0286. The molecular formula is C22H24F4N4O4. The van der Waals surface area contributed by atoms with Gasteiger partial charge in [-0.05, 0) is 38.5 Å². The number of nitrogens with one attached hydrogen (secondary N) is 1. The van der Waals surface area contributed by atoms with Gasteiger partial charge in [0.25, 0.3) is 11.8 Å². The van der Waals surface area contributed by atoms with Crippen molar-refractivity contribution in [2.24, 2.45) is 0 Å². The summed E-state index contributed by atoms with van der Waals surface area (Å²) in [4.78, 5) is 35.0. The van der Waals surface area contributed by atoms with Gasteiger partial charge in [0.05, 0.1) is 12.1 Å². The summed E-state index contributed by atoms with van der Waals surface area (Å²) in [5.41, 5.74) is 1.74. The van der Waals surface area contributed by atoms with Gasteiger partial charge in [0.2, 0.25) is 5.88 Å². The minimum atomic E-state index is -4.30. The Hall–Kier alpha value is -3.28. The quantitative estimate of drug-likeness (QED) is 0.531. The van der Waals surface area contributed by atoms with E-state index in [-0.39, 0.29) is 30.6 Å². The number of carbonyl (C=O) groups excluding carboxylic acids is 2. The minimum Gasteiger partial charge on any atom is -0.471 e. The van der Waals surface area contributed by atoms with E-state index in [0.29, 0.717) is 22.3 Å². The first-order valence-electron chi connectivity index (χ1n) is 10.4. The molecule has 0 fully saturated rings. The molecule has 2 atom stereocenters. The number of hydrogen-bond acceptors (Lipinski definition) is 6. The molecule has 2 amide bonds. The third-order valence-electron chi connectivity index (χ3n) is 5.37. The second-order valence-corrected chi connectivity index (χ2v) is 8.09. The molecule has 0 bridgehead atoms. The number of ether oxygens (including phenoxy) is 1. The first kappa shape index (κ1) is 25.3. The van der Waals surface area contributed by atoms with Crippen LogP contribution < -0.4 is 10.1 Å². The summed E-state index contributed by atoms with van der Waals surface area (Å²) in [6, 6.07) is 2.56. The number of amides is 2. The van der Waals surface area contributed by atoms with Crippen molar-refractivity contribution in [3.63, 3.8) is 0 Å². The van der Waals surface area contributed by atoms with Crippen LogP contribution in [0.1, 0.15) is 57.4 Å². The summed E-state index contributed by atoms with van der Waals surface area (Å²) in [6.45, 7) is 3.38. The number of pyridine rings is 2. The largest absolute Gasteiger partial charge is 0.471 e. The maximum absolute atomic E-state index is 13.1. The van der Waals surface area contributed by atoms with Crippen LogP contribution in [0.4, 0.5) is 17.6 Å². The fraction of sp³-hybridized carbons (Fsp3) is 0.455. The van der Waals surface area contributed by atoms with Crippen LogP contribution in [0, 0.1) is 6.92 Å². The fourth-order valence-electron chi connectivity index (χ4n) is 3.45. The Morgan fingerprint density at radius 1 is 1.32 bits per heavy atom.